The van der Waals surface area contributed by atoms with Crippen molar-refractivity contribution >= 4 is 17.6 Å². The van der Waals surface area contributed by atoms with Crippen LogP contribution in [0.3, 0.4) is 0 Å². The van der Waals surface area contributed by atoms with E-state index in [4.69, 9.17) is 4.42 Å². The van der Waals surface area contributed by atoms with Crippen molar-refractivity contribution in [1.82, 2.24) is 0 Å². The largest absolute Gasteiger partial charge is 0.478 e. The monoisotopic (exact) mass is 273 g/mol. The standard InChI is InChI=1S/C15H15NO4/c1-3-12-10(7-8-20-12)14(17)16-11-6-4-5-9(2)13(11)15(18)19/h4-8H,3H2,1-2H3,(H,16,17)(H,18,19). The van der Waals surface area contributed by atoms with Gasteiger partial charge in [-0.1, -0.05) is 19.1 Å². The minimum Gasteiger partial charge on any atom is -0.478 e. The molecule has 0 spiro atoms. The third kappa shape index (κ3) is 2.56. The van der Waals surface area contributed by atoms with Crippen molar-refractivity contribution in [2.75, 3.05) is 5.32 Å². The molecule has 0 atom stereocenters. The number of nitrogens with one attached hydrogen (secondary N) is 1. The van der Waals surface area contributed by atoms with E-state index in [0.717, 1.165) is 0 Å². The first-order valence-corrected chi connectivity index (χ1v) is 6.25. The van der Waals surface area contributed by atoms with Crippen LogP contribution in [0.5, 0.6) is 0 Å². The number of carbonyl (C=O) groups is 2. The number of anilines is 1. The highest BCUT2D eigenvalue weighted by molar-refractivity contribution is 6.08. The molecular formula is C15H15NO4. The van der Waals surface area contributed by atoms with Crippen molar-refractivity contribution in [1.29, 1.82) is 0 Å². The fourth-order valence-electron chi connectivity index (χ4n) is 2.06. The number of amides is 1. The summed E-state index contributed by atoms with van der Waals surface area (Å²) in [5.41, 5.74) is 1.40. The molecule has 1 aromatic heterocycles. The smallest absolute Gasteiger partial charge is 0.338 e. The predicted octanol–water partition coefficient (Wildman–Crippen LogP) is 3.10. The van der Waals surface area contributed by atoms with Crippen LogP contribution < -0.4 is 5.32 Å². The van der Waals surface area contributed by atoms with Crippen LogP contribution in [-0.4, -0.2) is 17.0 Å². The average molecular weight is 273 g/mol. The van der Waals surface area contributed by atoms with Gasteiger partial charge in [0, 0.05) is 6.42 Å². The molecule has 0 fully saturated rings. The summed E-state index contributed by atoms with van der Waals surface area (Å²) in [6.07, 6.45) is 2.04. The molecule has 0 radical (unpaired) electrons. The van der Waals surface area contributed by atoms with Gasteiger partial charge in [0.1, 0.15) is 5.76 Å². The first-order valence-electron chi connectivity index (χ1n) is 6.25. The molecule has 1 amide bonds. The van der Waals surface area contributed by atoms with Gasteiger partial charge in [-0.05, 0) is 24.6 Å². The van der Waals surface area contributed by atoms with E-state index in [0.29, 0.717) is 23.3 Å². The summed E-state index contributed by atoms with van der Waals surface area (Å²) in [6, 6.07) is 6.53. The SMILES string of the molecule is CCc1occc1C(=O)Nc1cccc(C)c1C(=O)O. The molecule has 0 aliphatic rings. The van der Waals surface area contributed by atoms with Gasteiger partial charge in [-0.2, -0.15) is 0 Å². The van der Waals surface area contributed by atoms with Crippen LogP contribution in [0.2, 0.25) is 0 Å². The summed E-state index contributed by atoms with van der Waals surface area (Å²) in [5, 5.41) is 11.9. The quantitative estimate of drug-likeness (QED) is 0.897. The number of hydrogen-bond donors (Lipinski definition) is 2. The number of benzene rings is 1. The van der Waals surface area contributed by atoms with Crippen molar-refractivity contribution < 1.29 is 19.1 Å². The average Bonchev–Trinajstić information content (AvgIpc) is 2.86. The van der Waals surface area contributed by atoms with E-state index in [-0.39, 0.29) is 17.2 Å². The summed E-state index contributed by atoms with van der Waals surface area (Å²) in [5.74, 6) is -0.864. The number of aryl methyl sites for hydroxylation is 2. The first kappa shape index (κ1) is 13.9. The van der Waals surface area contributed by atoms with Crippen LogP contribution >= 0.6 is 0 Å². The second kappa shape index (κ2) is 5.61. The highest BCUT2D eigenvalue weighted by atomic mass is 16.4. The van der Waals surface area contributed by atoms with Crippen molar-refractivity contribution in [3.8, 4) is 0 Å². The van der Waals surface area contributed by atoms with Gasteiger partial charge >= 0.3 is 5.97 Å². The fourth-order valence-corrected chi connectivity index (χ4v) is 2.06. The van der Waals surface area contributed by atoms with E-state index in [9.17, 15) is 14.7 Å². The highest BCUT2D eigenvalue weighted by Crippen LogP contribution is 2.21. The normalized spacial score (nSPS) is 10.3. The van der Waals surface area contributed by atoms with Gasteiger partial charge < -0.3 is 14.8 Å². The number of carboxylic acid groups (broad SMARTS) is 1. The molecule has 5 heteroatoms. The van der Waals surface area contributed by atoms with Crippen LogP contribution in [0.25, 0.3) is 0 Å². The van der Waals surface area contributed by atoms with Crippen molar-refractivity contribution in [3.05, 3.63) is 53.0 Å². The fraction of sp³-hybridized carbons (Fsp3) is 0.200. The summed E-state index contributed by atoms with van der Waals surface area (Å²) >= 11 is 0. The van der Waals surface area contributed by atoms with Gasteiger partial charge in [-0.15, -0.1) is 0 Å². The zero-order valence-corrected chi connectivity index (χ0v) is 11.3. The molecule has 5 nitrogen and oxygen atoms in total. The van der Waals surface area contributed by atoms with Crippen LogP contribution in [0.4, 0.5) is 5.69 Å². The number of carbonyl (C=O) groups excluding carboxylic acids is 1. The third-order valence-corrected chi connectivity index (χ3v) is 3.05. The van der Waals surface area contributed by atoms with Gasteiger partial charge in [0.2, 0.25) is 0 Å². The molecular weight excluding hydrogens is 258 g/mol. The second-order valence-electron chi connectivity index (χ2n) is 4.37. The van der Waals surface area contributed by atoms with E-state index in [1.807, 2.05) is 6.92 Å². The van der Waals surface area contributed by atoms with E-state index in [1.54, 1.807) is 31.2 Å². The maximum Gasteiger partial charge on any atom is 0.338 e. The van der Waals surface area contributed by atoms with Crippen molar-refractivity contribution in [2.24, 2.45) is 0 Å². The molecule has 2 aromatic rings. The minimum atomic E-state index is -1.07. The van der Waals surface area contributed by atoms with E-state index >= 15 is 0 Å². The summed E-state index contributed by atoms with van der Waals surface area (Å²) in [7, 11) is 0. The van der Waals surface area contributed by atoms with Crippen LogP contribution in [-0.2, 0) is 6.42 Å². The Morgan fingerprint density at radius 1 is 1.30 bits per heavy atom. The topological polar surface area (TPSA) is 79.5 Å². The van der Waals surface area contributed by atoms with Gasteiger partial charge in [0.05, 0.1) is 23.1 Å². The Kier molecular flexibility index (Phi) is 3.89. The molecule has 1 aromatic carbocycles. The lowest BCUT2D eigenvalue weighted by Crippen LogP contribution is -2.16. The zero-order valence-electron chi connectivity index (χ0n) is 11.3. The Balaban J connectivity index is 2.33. The van der Waals surface area contributed by atoms with E-state index in [2.05, 4.69) is 5.32 Å². The molecule has 2 N–H and O–H groups in total. The van der Waals surface area contributed by atoms with Crippen LogP contribution in [0.1, 0.15) is 39.0 Å². The van der Waals surface area contributed by atoms with Crippen molar-refractivity contribution in [2.45, 2.75) is 20.3 Å². The Labute approximate surface area is 116 Å². The number of rotatable bonds is 4. The van der Waals surface area contributed by atoms with Gasteiger partial charge in [-0.3, -0.25) is 4.79 Å². The summed E-state index contributed by atoms with van der Waals surface area (Å²) in [4.78, 5) is 23.4. The molecule has 0 aliphatic heterocycles. The van der Waals surface area contributed by atoms with Gasteiger partial charge in [-0.25, -0.2) is 4.79 Å². The van der Waals surface area contributed by atoms with E-state index < -0.39 is 5.97 Å². The summed E-state index contributed by atoms with van der Waals surface area (Å²) in [6.45, 7) is 3.57. The molecule has 0 saturated heterocycles. The van der Waals surface area contributed by atoms with Crippen LogP contribution in [0, 0.1) is 6.92 Å². The van der Waals surface area contributed by atoms with E-state index in [1.165, 1.54) is 6.26 Å². The number of furan rings is 1. The summed E-state index contributed by atoms with van der Waals surface area (Å²) < 4.78 is 5.20. The Morgan fingerprint density at radius 3 is 2.70 bits per heavy atom. The molecule has 0 aliphatic carbocycles. The van der Waals surface area contributed by atoms with Crippen molar-refractivity contribution in [3.63, 3.8) is 0 Å². The maximum atomic E-state index is 12.2. The third-order valence-electron chi connectivity index (χ3n) is 3.05. The first-order chi connectivity index (χ1) is 9.54. The van der Waals surface area contributed by atoms with Gasteiger partial charge in [0.15, 0.2) is 0 Å². The zero-order chi connectivity index (χ0) is 14.7. The molecule has 1 heterocycles. The molecule has 20 heavy (non-hydrogen) atoms. The number of carboxylic acids is 1. The lowest BCUT2D eigenvalue weighted by atomic mass is 10.1. The Morgan fingerprint density at radius 2 is 2.05 bits per heavy atom. The second-order valence-corrected chi connectivity index (χ2v) is 4.37. The lowest BCUT2D eigenvalue weighted by molar-refractivity contribution is 0.0697. The highest BCUT2D eigenvalue weighted by Gasteiger charge is 2.18. The van der Waals surface area contributed by atoms with Crippen LogP contribution in [0.15, 0.2) is 34.9 Å². The Hall–Kier alpha value is -2.56. The Bertz CT molecular complexity index is 658. The molecule has 0 saturated carbocycles. The maximum absolute atomic E-state index is 12.2. The molecule has 104 valence electrons. The molecule has 0 bridgehead atoms. The predicted molar refractivity (Wildman–Crippen MR) is 74.2 cm³/mol. The lowest BCUT2D eigenvalue weighted by Gasteiger charge is -2.10. The van der Waals surface area contributed by atoms with Gasteiger partial charge in [0.25, 0.3) is 5.91 Å². The molecule has 0 unspecified atom stereocenters. The number of hydrogen-bond acceptors (Lipinski definition) is 3. The minimum absolute atomic E-state index is 0.0994. The number of aromatic carboxylic acids is 1. The molecule has 2 rings (SSSR count).